The molecule has 0 saturated carbocycles. The van der Waals surface area contributed by atoms with Gasteiger partial charge in [-0.2, -0.15) is 0 Å². The minimum atomic E-state index is -1.25. The predicted molar refractivity (Wildman–Crippen MR) is 139 cm³/mol. The van der Waals surface area contributed by atoms with E-state index >= 15 is 0 Å². The highest BCUT2D eigenvalue weighted by molar-refractivity contribution is 5.96. The molecule has 1 aromatic heterocycles. The minimum absolute atomic E-state index is 0.0771. The van der Waals surface area contributed by atoms with Crippen molar-refractivity contribution in [3.05, 3.63) is 36.0 Å². The van der Waals surface area contributed by atoms with E-state index in [1.54, 1.807) is 13.1 Å². The zero-order valence-corrected chi connectivity index (χ0v) is 21.6. The third kappa shape index (κ3) is 6.68. The van der Waals surface area contributed by atoms with Crippen LogP contribution in [0, 0.1) is 5.92 Å². The third-order valence-corrected chi connectivity index (χ3v) is 7.09. The molecule has 1 saturated heterocycles. The summed E-state index contributed by atoms with van der Waals surface area (Å²) in [7, 11) is 0. The van der Waals surface area contributed by atoms with Crippen LogP contribution in [0.2, 0.25) is 0 Å². The zero-order valence-electron chi connectivity index (χ0n) is 21.6. The first-order valence-corrected chi connectivity index (χ1v) is 12.8. The number of nitrogens with zero attached hydrogens (tertiary/aromatic N) is 1. The monoisotopic (exact) mass is 528 g/mol. The summed E-state index contributed by atoms with van der Waals surface area (Å²) in [4.78, 5) is 67.2. The predicted octanol–water partition coefficient (Wildman–Crippen LogP) is 0.00440. The maximum absolute atomic E-state index is 13.6. The molecule has 3 rings (SSSR count). The van der Waals surface area contributed by atoms with E-state index in [9.17, 15) is 29.1 Å². The second-order valence-electron chi connectivity index (χ2n) is 9.80. The van der Waals surface area contributed by atoms with Gasteiger partial charge in [0, 0.05) is 30.1 Å². The Hall–Kier alpha value is -3.93. The number of hydrogen-bond donors (Lipinski definition) is 6. The number of aliphatic carboxylic acids is 1. The molecule has 2 aromatic rings. The van der Waals surface area contributed by atoms with E-state index in [1.807, 2.05) is 31.2 Å². The number of carboxylic acids is 1. The number of carbonyl (C=O) groups is 5. The number of nitrogens with two attached hydrogens (primary N) is 2. The van der Waals surface area contributed by atoms with Crippen LogP contribution in [0.4, 0.5) is 0 Å². The molecule has 12 nitrogen and oxygen atoms in total. The number of benzene rings is 1. The number of aromatic nitrogens is 1. The van der Waals surface area contributed by atoms with Gasteiger partial charge in [-0.15, -0.1) is 0 Å². The Kier molecular flexibility index (Phi) is 9.45. The van der Waals surface area contributed by atoms with Crippen molar-refractivity contribution in [3.63, 3.8) is 0 Å². The van der Waals surface area contributed by atoms with Crippen molar-refractivity contribution in [2.45, 2.75) is 70.1 Å². The van der Waals surface area contributed by atoms with Crippen LogP contribution in [0.1, 0.15) is 45.1 Å². The van der Waals surface area contributed by atoms with Crippen LogP contribution in [0.5, 0.6) is 0 Å². The number of rotatable bonds is 12. The summed E-state index contributed by atoms with van der Waals surface area (Å²) in [5.41, 5.74) is 12.6. The lowest BCUT2D eigenvalue weighted by molar-refractivity contribution is -0.150. The molecule has 1 aliphatic rings. The highest BCUT2D eigenvalue weighted by Gasteiger charge is 2.40. The number of fused-ring (bicyclic) bond motifs is 1. The number of likely N-dealkylation sites (tertiary alicyclic amines) is 1. The fraction of sp³-hybridized carbons (Fsp3) is 0.500. The lowest BCUT2D eigenvalue weighted by atomic mass is 9.96. The Balaban J connectivity index is 1.87. The Morgan fingerprint density at radius 2 is 1.87 bits per heavy atom. The van der Waals surface area contributed by atoms with Crippen LogP contribution < -0.4 is 22.1 Å². The van der Waals surface area contributed by atoms with Gasteiger partial charge in [0.05, 0.1) is 12.5 Å². The normalized spacial score (nSPS) is 18.4. The van der Waals surface area contributed by atoms with E-state index < -0.39 is 60.2 Å². The first-order valence-electron chi connectivity index (χ1n) is 12.8. The van der Waals surface area contributed by atoms with Crippen molar-refractivity contribution < 1.29 is 29.1 Å². The second kappa shape index (κ2) is 12.5. The van der Waals surface area contributed by atoms with Gasteiger partial charge in [0.2, 0.25) is 23.6 Å². The molecule has 4 amide bonds. The Morgan fingerprint density at radius 3 is 2.53 bits per heavy atom. The van der Waals surface area contributed by atoms with E-state index in [-0.39, 0.29) is 18.9 Å². The molecule has 1 aromatic carbocycles. The average molecular weight is 529 g/mol. The van der Waals surface area contributed by atoms with Crippen LogP contribution in [0.25, 0.3) is 10.9 Å². The van der Waals surface area contributed by atoms with Crippen molar-refractivity contribution in [2.24, 2.45) is 17.4 Å². The molecule has 206 valence electrons. The average Bonchev–Trinajstić information content (AvgIpc) is 3.53. The van der Waals surface area contributed by atoms with Gasteiger partial charge in [-0.1, -0.05) is 38.5 Å². The van der Waals surface area contributed by atoms with Gasteiger partial charge in [-0.25, -0.2) is 4.79 Å². The standard InChI is InChI=1S/C26H36N6O6/c1-3-14(2)22(25(36)32-10-6-9-20(32)26(37)38)31-24(35)19(30-23(34)17(27)12-21(28)33)11-15-13-29-18-8-5-4-7-16(15)18/h4-5,7-8,13-14,17,19-20,22,29H,3,6,9-12,27H2,1-2H3,(H2,28,33)(H,30,34)(H,31,35)(H,37,38). The molecule has 5 atom stereocenters. The maximum Gasteiger partial charge on any atom is 0.326 e. The molecule has 12 heteroatoms. The van der Waals surface area contributed by atoms with E-state index in [0.29, 0.717) is 19.3 Å². The molecular weight excluding hydrogens is 492 g/mol. The molecule has 0 radical (unpaired) electrons. The summed E-state index contributed by atoms with van der Waals surface area (Å²) >= 11 is 0. The summed E-state index contributed by atoms with van der Waals surface area (Å²) < 4.78 is 0. The molecule has 8 N–H and O–H groups in total. The van der Waals surface area contributed by atoms with E-state index in [4.69, 9.17) is 11.5 Å². The molecule has 2 heterocycles. The molecule has 0 spiro atoms. The maximum atomic E-state index is 13.6. The topological polar surface area (TPSA) is 201 Å². The number of aromatic amines is 1. The summed E-state index contributed by atoms with van der Waals surface area (Å²) in [5.74, 6) is -3.98. The quantitative estimate of drug-likeness (QED) is 0.222. The smallest absolute Gasteiger partial charge is 0.326 e. The Labute approximate surface area is 220 Å². The van der Waals surface area contributed by atoms with Gasteiger partial charge >= 0.3 is 5.97 Å². The van der Waals surface area contributed by atoms with Crippen molar-refractivity contribution in [1.29, 1.82) is 0 Å². The number of amides is 4. The molecular formula is C26H36N6O6. The molecule has 1 fully saturated rings. The van der Waals surface area contributed by atoms with E-state index in [2.05, 4.69) is 15.6 Å². The highest BCUT2D eigenvalue weighted by Crippen LogP contribution is 2.22. The summed E-state index contributed by atoms with van der Waals surface area (Å²) in [6.45, 7) is 3.95. The Bertz CT molecular complexity index is 1200. The minimum Gasteiger partial charge on any atom is -0.480 e. The third-order valence-electron chi connectivity index (χ3n) is 7.09. The van der Waals surface area contributed by atoms with Gasteiger partial charge < -0.3 is 37.1 Å². The summed E-state index contributed by atoms with van der Waals surface area (Å²) in [6.07, 6.45) is 2.87. The SMILES string of the molecule is CCC(C)C(NC(=O)C(Cc1c[nH]c2ccccc12)NC(=O)C(N)CC(N)=O)C(=O)N1CCCC1C(=O)O. The zero-order chi connectivity index (χ0) is 28.0. The summed E-state index contributed by atoms with van der Waals surface area (Å²) in [5, 5.41) is 15.8. The number of para-hydroxylation sites is 1. The van der Waals surface area contributed by atoms with E-state index in [0.717, 1.165) is 16.5 Å². The van der Waals surface area contributed by atoms with E-state index in [1.165, 1.54) is 4.90 Å². The number of nitrogens with one attached hydrogen (secondary N) is 3. The van der Waals surface area contributed by atoms with Crippen LogP contribution in [-0.4, -0.2) is 75.3 Å². The number of H-pyrrole nitrogens is 1. The van der Waals surface area contributed by atoms with Gasteiger partial charge in [0.15, 0.2) is 0 Å². The lowest BCUT2D eigenvalue weighted by Crippen LogP contribution is -2.59. The lowest BCUT2D eigenvalue weighted by Gasteiger charge is -2.31. The van der Waals surface area contributed by atoms with Crippen molar-refractivity contribution in [1.82, 2.24) is 20.5 Å². The molecule has 0 aliphatic carbocycles. The van der Waals surface area contributed by atoms with Gasteiger partial charge in [0.1, 0.15) is 18.1 Å². The van der Waals surface area contributed by atoms with Crippen LogP contribution in [-0.2, 0) is 30.4 Å². The number of primary amides is 1. The number of hydrogen-bond acceptors (Lipinski definition) is 6. The molecule has 0 bridgehead atoms. The van der Waals surface area contributed by atoms with Crippen LogP contribution in [0.15, 0.2) is 30.5 Å². The summed E-state index contributed by atoms with van der Waals surface area (Å²) in [6, 6.07) is 3.15. The molecule has 1 aliphatic heterocycles. The Morgan fingerprint density at radius 1 is 1.16 bits per heavy atom. The largest absolute Gasteiger partial charge is 0.480 e. The van der Waals surface area contributed by atoms with Crippen molar-refractivity contribution in [3.8, 4) is 0 Å². The second-order valence-corrected chi connectivity index (χ2v) is 9.80. The van der Waals surface area contributed by atoms with Crippen molar-refractivity contribution in [2.75, 3.05) is 6.54 Å². The molecule has 5 unspecified atom stereocenters. The fourth-order valence-corrected chi connectivity index (χ4v) is 4.72. The van der Waals surface area contributed by atoms with Gasteiger partial charge in [-0.3, -0.25) is 19.2 Å². The van der Waals surface area contributed by atoms with Crippen LogP contribution >= 0.6 is 0 Å². The van der Waals surface area contributed by atoms with Crippen LogP contribution in [0.3, 0.4) is 0 Å². The first kappa shape index (κ1) is 28.6. The number of carboxylic acid groups (broad SMARTS) is 1. The first-order chi connectivity index (χ1) is 18.0. The van der Waals surface area contributed by atoms with Gasteiger partial charge in [0.25, 0.3) is 0 Å². The van der Waals surface area contributed by atoms with Crippen molar-refractivity contribution >= 4 is 40.5 Å². The fourth-order valence-electron chi connectivity index (χ4n) is 4.72. The highest BCUT2D eigenvalue weighted by atomic mass is 16.4. The van der Waals surface area contributed by atoms with Gasteiger partial charge in [-0.05, 0) is 30.4 Å². The molecule has 38 heavy (non-hydrogen) atoms. The number of carbonyl (C=O) groups excluding carboxylic acids is 4.